The molecule has 0 N–H and O–H groups in total. The van der Waals surface area contributed by atoms with E-state index in [4.69, 9.17) is 0 Å². The van der Waals surface area contributed by atoms with Gasteiger partial charge in [0.15, 0.2) is 0 Å². The van der Waals surface area contributed by atoms with E-state index < -0.39 is 0 Å². The smallest absolute Gasteiger partial charge is 0.0219 e. The summed E-state index contributed by atoms with van der Waals surface area (Å²) in [5, 5.41) is 0. The van der Waals surface area contributed by atoms with Crippen molar-refractivity contribution in [3.05, 3.63) is 36.0 Å². The topological polar surface area (TPSA) is 0 Å². The highest BCUT2D eigenvalue weighted by Gasteiger charge is 2.02. The summed E-state index contributed by atoms with van der Waals surface area (Å²) >= 11 is 0. The fraction of sp³-hybridized carbons (Fsp3) is 0.538. The fourth-order valence-electron chi connectivity index (χ4n) is 1.24. The number of hydrogen-bond acceptors (Lipinski definition) is 0. The van der Waals surface area contributed by atoms with Gasteiger partial charge in [-0.2, -0.15) is 0 Å². The van der Waals surface area contributed by atoms with Gasteiger partial charge in [0, 0.05) is 0 Å². The molecule has 0 heteroatoms. The summed E-state index contributed by atoms with van der Waals surface area (Å²) in [5.41, 5.74) is 2.71. The molecule has 0 aliphatic rings. The molecule has 0 aromatic carbocycles. The third-order valence-corrected chi connectivity index (χ3v) is 2.24. The molecule has 0 amide bonds. The molecular weight excluding hydrogens is 156 g/mol. The maximum absolute atomic E-state index is 3.83. The van der Waals surface area contributed by atoms with E-state index in [9.17, 15) is 0 Å². The lowest BCUT2D eigenvalue weighted by atomic mass is 9.95. The minimum absolute atomic E-state index is 0.561. The molecule has 0 atom stereocenters. The van der Waals surface area contributed by atoms with Crippen molar-refractivity contribution < 1.29 is 0 Å². The van der Waals surface area contributed by atoms with Crippen molar-refractivity contribution in [3.63, 3.8) is 0 Å². The average molecular weight is 178 g/mol. The maximum atomic E-state index is 3.83. The number of rotatable bonds is 4. The van der Waals surface area contributed by atoms with E-state index in [1.165, 1.54) is 11.1 Å². The standard InChI is InChI=1S/C13H22/c1-7-12(10(3)4)9-13(8-2)11(5)6/h7-11H,1H2,2-6H3/b12-9+,13-8+. The van der Waals surface area contributed by atoms with Crippen LogP contribution in [0.3, 0.4) is 0 Å². The molecule has 0 saturated heterocycles. The van der Waals surface area contributed by atoms with Crippen LogP contribution < -0.4 is 0 Å². The van der Waals surface area contributed by atoms with E-state index in [1.54, 1.807) is 0 Å². The molecule has 0 fully saturated rings. The molecule has 0 aliphatic carbocycles. The third-order valence-electron chi connectivity index (χ3n) is 2.24. The van der Waals surface area contributed by atoms with Crippen LogP contribution in [0.15, 0.2) is 36.0 Å². The van der Waals surface area contributed by atoms with Crippen molar-refractivity contribution in [2.45, 2.75) is 34.6 Å². The summed E-state index contributed by atoms with van der Waals surface area (Å²) in [7, 11) is 0. The van der Waals surface area contributed by atoms with Crippen LogP contribution in [0, 0.1) is 11.8 Å². The third kappa shape index (κ3) is 4.12. The lowest BCUT2D eigenvalue weighted by molar-refractivity contribution is 0.763. The summed E-state index contributed by atoms with van der Waals surface area (Å²) in [5.74, 6) is 1.16. The van der Waals surface area contributed by atoms with Crippen molar-refractivity contribution in [2.24, 2.45) is 11.8 Å². The molecular formula is C13H22. The van der Waals surface area contributed by atoms with Crippen LogP contribution >= 0.6 is 0 Å². The van der Waals surface area contributed by atoms with E-state index in [2.05, 4.69) is 53.3 Å². The Morgan fingerprint density at radius 2 is 1.46 bits per heavy atom. The van der Waals surface area contributed by atoms with E-state index >= 15 is 0 Å². The van der Waals surface area contributed by atoms with Crippen LogP contribution in [0.25, 0.3) is 0 Å². The summed E-state index contributed by atoms with van der Waals surface area (Å²) < 4.78 is 0. The zero-order valence-electron chi connectivity index (χ0n) is 9.59. The molecule has 0 bridgehead atoms. The zero-order chi connectivity index (χ0) is 10.4. The van der Waals surface area contributed by atoms with Crippen molar-refractivity contribution in [1.29, 1.82) is 0 Å². The van der Waals surface area contributed by atoms with Crippen LogP contribution in [0.4, 0.5) is 0 Å². The highest BCUT2D eigenvalue weighted by atomic mass is 14.1. The molecule has 74 valence electrons. The quantitative estimate of drug-likeness (QED) is 0.561. The van der Waals surface area contributed by atoms with Gasteiger partial charge in [0.05, 0.1) is 0 Å². The Balaban J connectivity index is 4.76. The molecule has 0 aromatic heterocycles. The Bertz CT molecular complexity index is 214. The van der Waals surface area contributed by atoms with Gasteiger partial charge in [0.1, 0.15) is 0 Å². The van der Waals surface area contributed by atoms with Gasteiger partial charge < -0.3 is 0 Å². The van der Waals surface area contributed by atoms with Crippen LogP contribution in [0.5, 0.6) is 0 Å². The van der Waals surface area contributed by atoms with Gasteiger partial charge in [0.2, 0.25) is 0 Å². The first-order valence-electron chi connectivity index (χ1n) is 5.03. The lowest BCUT2D eigenvalue weighted by Gasteiger charge is -2.10. The van der Waals surface area contributed by atoms with Crippen LogP contribution in [0.1, 0.15) is 34.6 Å². The first-order chi connectivity index (χ1) is 6.02. The molecule has 0 aromatic rings. The second-order valence-corrected chi connectivity index (χ2v) is 3.95. The largest absolute Gasteiger partial charge is 0.0988 e. The van der Waals surface area contributed by atoms with Crippen molar-refractivity contribution in [3.8, 4) is 0 Å². The minimum Gasteiger partial charge on any atom is -0.0988 e. The van der Waals surface area contributed by atoms with E-state index in [1.807, 2.05) is 6.08 Å². The SMILES string of the molecule is C=C/C(=C\C(=C/C)C(C)C)C(C)C. The molecule has 0 unspecified atom stereocenters. The summed E-state index contributed by atoms with van der Waals surface area (Å²) in [6.45, 7) is 14.7. The highest BCUT2D eigenvalue weighted by molar-refractivity contribution is 5.31. The second-order valence-electron chi connectivity index (χ2n) is 3.95. The monoisotopic (exact) mass is 178 g/mol. The predicted octanol–water partition coefficient (Wildman–Crippen LogP) is 4.36. The zero-order valence-corrected chi connectivity index (χ0v) is 9.59. The molecule has 13 heavy (non-hydrogen) atoms. The molecule has 0 nitrogen and oxygen atoms in total. The van der Waals surface area contributed by atoms with Gasteiger partial charge in [0.25, 0.3) is 0 Å². The Labute approximate surface area is 83.0 Å². The van der Waals surface area contributed by atoms with Gasteiger partial charge in [-0.05, 0) is 29.9 Å². The van der Waals surface area contributed by atoms with Crippen LogP contribution in [0.2, 0.25) is 0 Å². The minimum atomic E-state index is 0.561. The molecule has 0 spiro atoms. The molecule has 0 aliphatic heterocycles. The first-order valence-corrected chi connectivity index (χ1v) is 5.03. The fourth-order valence-corrected chi connectivity index (χ4v) is 1.24. The summed E-state index contributed by atoms with van der Waals surface area (Å²) in [6, 6.07) is 0. The van der Waals surface area contributed by atoms with E-state index in [0.29, 0.717) is 11.8 Å². The maximum Gasteiger partial charge on any atom is -0.0219 e. The van der Waals surface area contributed by atoms with Gasteiger partial charge in [-0.25, -0.2) is 0 Å². The highest BCUT2D eigenvalue weighted by Crippen LogP contribution is 2.18. The Morgan fingerprint density at radius 1 is 1.00 bits per heavy atom. The van der Waals surface area contributed by atoms with Crippen LogP contribution in [-0.4, -0.2) is 0 Å². The van der Waals surface area contributed by atoms with Crippen molar-refractivity contribution in [2.75, 3.05) is 0 Å². The predicted molar refractivity (Wildman–Crippen MR) is 61.7 cm³/mol. The molecule has 0 radical (unpaired) electrons. The van der Waals surface area contributed by atoms with Gasteiger partial charge in [-0.1, -0.05) is 52.5 Å². The van der Waals surface area contributed by atoms with Crippen molar-refractivity contribution in [1.82, 2.24) is 0 Å². The average Bonchev–Trinajstić information content (AvgIpc) is 2.05. The first kappa shape index (κ1) is 12.2. The summed E-state index contributed by atoms with van der Waals surface area (Å²) in [4.78, 5) is 0. The lowest BCUT2D eigenvalue weighted by Crippen LogP contribution is -1.95. The molecule has 0 rings (SSSR count). The Hall–Kier alpha value is -0.780. The van der Waals surface area contributed by atoms with Gasteiger partial charge in [-0.15, -0.1) is 0 Å². The Kier molecular flexibility index (Phi) is 5.45. The Morgan fingerprint density at radius 3 is 1.69 bits per heavy atom. The number of hydrogen-bond donors (Lipinski definition) is 0. The number of allylic oxidation sites excluding steroid dienone is 5. The van der Waals surface area contributed by atoms with E-state index in [-0.39, 0.29) is 0 Å². The molecule has 0 saturated carbocycles. The van der Waals surface area contributed by atoms with Gasteiger partial charge in [-0.3, -0.25) is 0 Å². The second kappa shape index (κ2) is 5.80. The van der Waals surface area contributed by atoms with Crippen LogP contribution in [-0.2, 0) is 0 Å². The van der Waals surface area contributed by atoms with Crippen molar-refractivity contribution >= 4 is 0 Å². The molecule has 0 heterocycles. The summed E-state index contributed by atoms with van der Waals surface area (Å²) in [6.07, 6.45) is 6.38. The van der Waals surface area contributed by atoms with E-state index in [0.717, 1.165) is 0 Å². The van der Waals surface area contributed by atoms with Gasteiger partial charge >= 0.3 is 0 Å². The normalized spacial score (nSPS) is 14.1.